The van der Waals surface area contributed by atoms with Gasteiger partial charge >= 0.3 is 0 Å². The highest BCUT2D eigenvalue weighted by atomic mass is 15.3. The molecule has 0 spiro atoms. The third-order valence-electron chi connectivity index (χ3n) is 5.21. The minimum Gasteiger partial charge on any atom is -0.315 e. The van der Waals surface area contributed by atoms with Crippen molar-refractivity contribution < 1.29 is 0 Å². The highest BCUT2D eigenvalue weighted by molar-refractivity contribution is 4.93. The summed E-state index contributed by atoms with van der Waals surface area (Å²) in [5.41, 5.74) is 0. The van der Waals surface area contributed by atoms with Crippen LogP contribution in [0, 0.1) is 5.92 Å². The molecule has 1 N–H and O–H groups in total. The summed E-state index contributed by atoms with van der Waals surface area (Å²) >= 11 is 0. The Hall–Kier alpha value is -0.120. The van der Waals surface area contributed by atoms with Crippen LogP contribution in [0.5, 0.6) is 0 Å². The molecule has 0 aromatic heterocycles. The molecule has 3 atom stereocenters. The third-order valence-corrected chi connectivity index (χ3v) is 5.21. The summed E-state index contributed by atoms with van der Waals surface area (Å²) in [5, 5.41) is 3.65. The average Bonchev–Trinajstić information content (AvgIpc) is 2.43. The van der Waals surface area contributed by atoms with Crippen LogP contribution < -0.4 is 5.32 Å². The van der Waals surface area contributed by atoms with E-state index < -0.39 is 0 Å². The van der Waals surface area contributed by atoms with Crippen LogP contribution in [0.2, 0.25) is 0 Å². The summed E-state index contributed by atoms with van der Waals surface area (Å²) in [6.07, 6.45) is 5.49. The molecule has 2 saturated heterocycles. The first-order valence-electron chi connectivity index (χ1n) is 8.84. The molecule has 2 aliphatic heterocycles. The van der Waals surface area contributed by atoms with Crippen LogP contribution in [0.1, 0.15) is 53.4 Å². The molecule has 118 valence electrons. The normalized spacial score (nSPS) is 30.4. The van der Waals surface area contributed by atoms with Crippen molar-refractivity contribution in [1.29, 1.82) is 0 Å². The molecule has 0 saturated carbocycles. The van der Waals surface area contributed by atoms with E-state index in [0.717, 1.165) is 25.0 Å². The van der Waals surface area contributed by atoms with E-state index in [1.165, 1.54) is 45.3 Å². The number of hydrogen-bond donors (Lipinski definition) is 1. The molecular weight excluding hydrogens is 246 g/mol. The van der Waals surface area contributed by atoms with Gasteiger partial charge in [0.25, 0.3) is 0 Å². The SMILES string of the molecule is CCCNCC(C(C)C)N1CC2CCCCN2CC1C. The lowest BCUT2D eigenvalue weighted by Gasteiger charge is -2.51. The van der Waals surface area contributed by atoms with Crippen molar-refractivity contribution >= 4 is 0 Å². The Morgan fingerprint density at radius 1 is 1.20 bits per heavy atom. The Morgan fingerprint density at radius 2 is 2.00 bits per heavy atom. The predicted octanol–water partition coefficient (Wildman–Crippen LogP) is 2.57. The molecule has 0 bridgehead atoms. The van der Waals surface area contributed by atoms with Crippen molar-refractivity contribution in [3.05, 3.63) is 0 Å². The zero-order chi connectivity index (χ0) is 14.5. The summed E-state index contributed by atoms with van der Waals surface area (Å²) in [6, 6.07) is 2.23. The van der Waals surface area contributed by atoms with Gasteiger partial charge in [-0.3, -0.25) is 9.80 Å². The monoisotopic (exact) mass is 281 g/mol. The molecule has 2 fully saturated rings. The molecule has 0 aromatic carbocycles. The van der Waals surface area contributed by atoms with E-state index in [1.54, 1.807) is 0 Å². The molecule has 2 heterocycles. The van der Waals surface area contributed by atoms with Crippen molar-refractivity contribution in [1.82, 2.24) is 15.1 Å². The summed E-state index contributed by atoms with van der Waals surface area (Å²) in [6.45, 7) is 15.7. The van der Waals surface area contributed by atoms with E-state index in [2.05, 4.69) is 42.8 Å². The van der Waals surface area contributed by atoms with Gasteiger partial charge in [-0.2, -0.15) is 0 Å². The van der Waals surface area contributed by atoms with Crippen LogP contribution in [0.4, 0.5) is 0 Å². The maximum absolute atomic E-state index is 3.65. The lowest BCUT2D eigenvalue weighted by molar-refractivity contribution is -0.0179. The molecule has 2 rings (SSSR count). The van der Waals surface area contributed by atoms with Crippen LogP contribution in [0.25, 0.3) is 0 Å². The first kappa shape index (κ1) is 16.3. The van der Waals surface area contributed by atoms with Gasteiger partial charge in [0.05, 0.1) is 0 Å². The number of piperazine rings is 1. The number of rotatable bonds is 6. The minimum absolute atomic E-state index is 0.695. The number of nitrogens with zero attached hydrogens (tertiary/aromatic N) is 2. The predicted molar refractivity (Wildman–Crippen MR) is 87.2 cm³/mol. The summed E-state index contributed by atoms with van der Waals surface area (Å²) in [5.74, 6) is 0.733. The van der Waals surface area contributed by atoms with E-state index in [9.17, 15) is 0 Å². The Labute approximate surface area is 126 Å². The second-order valence-corrected chi connectivity index (χ2v) is 7.21. The van der Waals surface area contributed by atoms with Crippen LogP contribution in [0.3, 0.4) is 0 Å². The fraction of sp³-hybridized carbons (Fsp3) is 1.00. The Morgan fingerprint density at radius 3 is 2.70 bits per heavy atom. The van der Waals surface area contributed by atoms with Gasteiger partial charge in [-0.1, -0.05) is 27.2 Å². The molecule has 0 amide bonds. The quantitative estimate of drug-likeness (QED) is 0.755. The smallest absolute Gasteiger partial charge is 0.0247 e. The van der Waals surface area contributed by atoms with Crippen molar-refractivity contribution in [2.24, 2.45) is 5.92 Å². The van der Waals surface area contributed by atoms with Crippen LogP contribution >= 0.6 is 0 Å². The van der Waals surface area contributed by atoms with Gasteiger partial charge in [-0.05, 0) is 45.2 Å². The van der Waals surface area contributed by atoms with E-state index >= 15 is 0 Å². The largest absolute Gasteiger partial charge is 0.315 e. The maximum atomic E-state index is 3.65. The molecule has 0 aliphatic carbocycles. The van der Waals surface area contributed by atoms with Crippen molar-refractivity contribution in [3.63, 3.8) is 0 Å². The maximum Gasteiger partial charge on any atom is 0.0247 e. The number of piperidine rings is 1. The third kappa shape index (κ3) is 3.96. The molecule has 3 nitrogen and oxygen atoms in total. The molecular formula is C17H35N3. The van der Waals surface area contributed by atoms with Gasteiger partial charge in [0.2, 0.25) is 0 Å². The van der Waals surface area contributed by atoms with E-state index in [-0.39, 0.29) is 0 Å². The van der Waals surface area contributed by atoms with Gasteiger partial charge < -0.3 is 5.32 Å². The Balaban J connectivity index is 1.96. The lowest BCUT2D eigenvalue weighted by Crippen LogP contribution is -2.63. The van der Waals surface area contributed by atoms with Crippen LogP contribution in [-0.4, -0.2) is 60.6 Å². The van der Waals surface area contributed by atoms with Gasteiger partial charge in [0.1, 0.15) is 0 Å². The number of nitrogens with one attached hydrogen (secondary N) is 1. The second-order valence-electron chi connectivity index (χ2n) is 7.21. The van der Waals surface area contributed by atoms with Crippen molar-refractivity contribution in [2.45, 2.75) is 71.5 Å². The molecule has 20 heavy (non-hydrogen) atoms. The second kappa shape index (κ2) is 7.77. The Kier molecular flexibility index (Phi) is 6.31. The topological polar surface area (TPSA) is 18.5 Å². The standard InChI is InChI=1S/C17H35N3/c1-5-9-18-11-17(14(2)3)20-13-16-8-6-7-10-19(16)12-15(20)4/h14-18H,5-13H2,1-4H3. The first-order chi connectivity index (χ1) is 9.63. The summed E-state index contributed by atoms with van der Waals surface area (Å²) in [4.78, 5) is 5.56. The molecule has 3 unspecified atom stereocenters. The average molecular weight is 281 g/mol. The number of hydrogen-bond acceptors (Lipinski definition) is 3. The van der Waals surface area contributed by atoms with Crippen molar-refractivity contribution in [2.75, 3.05) is 32.7 Å². The zero-order valence-corrected chi connectivity index (χ0v) is 14.1. The van der Waals surface area contributed by atoms with Crippen LogP contribution in [-0.2, 0) is 0 Å². The highest BCUT2D eigenvalue weighted by Crippen LogP contribution is 2.27. The molecule has 2 aliphatic rings. The van der Waals surface area contributed by atoms with Crippen molar-refractivity contribution in [3.8, 4) is 0 Å². The number of fused-ring (bicyclic) bond motifs is 1. The molecule has 0 aromatic rings. The first-order valence-corrected chi connectivity index (χ1v) is 8.84. The molecule has 3 heteroatoms. The lowest BCUT2D eigenvalue weighted by atomic mass is 9.93. The van der Waals surface area contributed by atoms with Gasteiger partial charge in [-0.15, -0.1) is 0 Å². The summed E-state index contributed by atoms with van der Waals surface area (Å²) in [7, 11) is 0. The van der Waals surface area contributed by atoms with E-state index in [0.29, 0.717) is 12.1 Å². The van der Waals surface area contributed by atoms with Gasteiger partial charge in [0.15, 0.2) is 0 Å². The van der Waals surface area contributed by atoms with Gasteiger partial charge in [0, 0.05) is 37.8 Å². The van der Waals surface area contributed by atoms with Gasteiger partial charge in [-0.25, -0.2) is 0 Å². The highest BCUT2D eigenvalue weighted by Gasteiger charge is 2.36. The van der Waals surface area contributed by atoms with Crippen LogP contribution in [0.15, 0.2) is 0 Å². The van der Waals surface area contributed by atoms with E-state index in [1.807, 2.05) is 0 Å². The summed E-state index contributed by atoms with van der Waals surface area (Å²) < 4.78 is 0. The van der Waals surface area contributed by atoms with E-state index in [4.69, 9.17) is 0 Å². The fourth-order valence-corrected chi connectivity index (χ4v) is 4.00. The Bertz CT molecular complexity index is 279. The fourth-order valence-electron chi connectivity index (χ4n) is 4.00. The minimum atomic E-state index is 0.695. The zero-order valence-electron chi connectivity index (χ0n) is 14.1. The molecule has 0 radical (unpaired) electrons.